The quantitative estimate of drug-likeness (QED) is 0.412. The average Bonchev–Trinajstić information content (AvgIpc) is 2.81. The minimum Gasteiger partial charge on any atom is -0.465 e. The van der Waals surface area contributed by atoms with Crippen molar-refractivity contribution in [1.82, 2.24) is 4.72 Å². The number of methoxy groups -OCH3 is 1. The maximum atomic E-state index is 12.7. The van der Waals surface area contributed by atoms with Crippen LogP contribution in [-0.4, -0.2) is 28.0 Å². The normalized spacial score (nSPS) is 11.8. The fourth-order valence-corrected chi connectivity index (χ4v) is 4.43. The summed E-state index contributed by atoms with van der Waals surface area (Å²) < 4.78 is 76.3. The van der Waals surface area contributed by atoms with Gasteiger partial charge in [-0.2, -0.15) is 13.2 Å². The standard InChI is InChI=1S/C25H24F3NO5S/c1-16-14-22(15-23(17(16)2)24(30)33-3)35(31,32)29-13-12-18-4-8-20(9-5-18)34-21-10-6-19(7-11-21)25(26,27)28/h4-11,14-15,29H,12-13H2,1-3H3. The molecule has 0 aromatic heterocycles. The molecule has 0 amide bonds. The summed E-state index contributed by atoms with van der Waals surface area (Å²) in [5, 5.41) is 0. The Balaban J connectivity index is 1.61. The number of aryl methyl sites for hydroxylation is 1. The third-order valence-electron chi connectivity index (χ3n) is 5.40. The lowest BCUT2D eigenvalue weighted by Crippen LogP contribution is -2.26. The molecular weight excluding hydrogens is 483 g/mol. The third-order valence-corrected chi connectivity index (χ3v) is 6.84. The molecule has 0 saturated carbocycles. The highest BCUT2D eigenvalue weighted by Gasteiger charge is 2.30. The van der Waals surface area contributed by atoms with E-state index in [9.17, 15) is 26.4 Å². The molecule has 0 aliphatic carbocycles. The zero-order chi connectivity index (χ0) is 25.8. The van der Waals surface area contributed by atoms with E-state index in [2.05, 4.69) is 4.72 Å². The van der Waals surface area contributed by atoms with Gasteiger partial charge in [-0.25, -0.2) is 17.9 Å². The van der Waals surface area contributed by atoms with E-state index in [-0.39, 0.29) is 22.8 Å². The number of benzene rings is 3. The number of rotatable bonds is 8. The minimum atomic E-state index is -4.41. The van der Waals surface area contributed by atoms with Crippen LogP contribution in [0.2, 0.25) is 0 Å². The van der Waals surface area contributed by atoms with Crippen LogP contribution in [0.15, 0.2) is 65.6 Å². The summed E-state index contributed by atoms with van der Waals surface area (Å²) in [6, 6.07) is 13.9. The molecule has 6 nitrogen and oxygen atoms in total. The highest BCUT2D eigenvalue weighted by atomic mass is 32.2. The van der Waals surface area contributed by atoms with Crippen molar-refractivity contribution < 1.29 is 35.9 Å². The van der Waals surface area contributed by atoms with Crippen molar-refractivity contribution in [2.24, 2.45) is 0 Å². The van der Waals surface area contributed by atoms with Gasteiger partial charge in [-0.15, -0.1) is 0 Å². The van der Waals surface area contributed by atoms with Crippen LogP contribution in [0.1, 0.15) is 32.6 Å². The van der Waals surface area contributed by atoms with Crippen molar-refractivity contribution in [2.75, 3.05) is 13.7 Å². The molecule has 0 heterocycles. The molecule has 0 bridgehead atoms. The number of alkyl halides is 3. The fourth-order valence-electron chi connectivity index (χ4n) is 3.29. The number of sulfonamides is 1. The number of hydrogen-bond donors (Lipinski definition) is 1. The maximum Gasteiger partial charge on any atom is 0.416 e. The van der Waals surface area contributed by atoms with Crippen molar-refractivity contribution in [3.8, 4) is 11.5 Å². The van der Waals surface area contributed by atoms with E-state index < -0.39 is 27.7 Å². The van der Waals surface area contributed by atoms with Gasteiger partial charge in [-0.3, -0.25) is 0 Å². The molecule has 0 spiro atoms. The van der Waals surface area contributed by atoms with Crippen LogP contribution in [0.25, 0.3) is 0 Å². The van der Waals surface area contributed by atoms with E-state index >= 15 is 0 Å². The number of carbonyl (C=O) groups excluding carboxylic acids is 1. The van der Waals surface area contributed by atoms with E-state index in [1.807, 2.05) is 0 Å². The Morgan fingerprint density at radius 1 is 0.943 bits per heavy atom. The molecule has 10 heteroatoms. The molecule has 3 rings (SSSR count). The average molecular weight is 508 g/mol. The lowest BCUT2D eigenvalue weighted by Gasteiger charge is -2.12. The lowest BCUT2D eigenvalue weighted by molar-refractivity contribution is -0.137. The summed E-state index contributed by atoms with van der Waals surface area (Å²) in [4.78, 5) is 11.9. The molecule has 0 saturated heterocycles. The van der Waals surface area contributed by atoms with Gasteiger partial charge in [0.2, 0.25) is 10.0 Å². The lowest BCUT2D eigenvalue weighted by atomic mass is 10.0. The van der Waals surface area contributed by atoms with Crippen LogP contribution in [0.5, 0.6) is 11.5 Å². The second kappa shape index (κ2) is 10.5. The van der Waals surface area contributed by atoms with Crippen LogP contribution in [0.4, 0.5) is 13.2 Å². The van der Waals surface area contributed by atoms with Gasteiger partial charge in [0, 0.05) is 6.54 Å². The van der Waals surface area contributed by atoms with Gasteiger partial charge in [0.05, 0.1) is 23.1 Å². The van der Waals surface area contributed by atoms with Gasteiger partial charge in [0.1, 0.15) is 11.5 Å². The van der Waals surface area contributed by atoms with E-state index in [0.717, 1.165) is 17.7 Å². The molecule has 35 heavy (non-hydrogen) atoms. The topological polar surface area (TPSA) is 81.7 Å². The molecule has 0 aliphatic rings. The van der Waals surface area contributed by atoms with Crippen LogP contribution in [0.3, 0.4) is 0 Å². The van der Waals surface area contributed by atoms with Crippen LogP contribution in [0, 0.1) is 13.8 Å². The van der Waals surface area contributed by atoms with E-state index in [4.69, 9.17) is 9.47 Å². The first kappa shape index (κ1) is 26.2. The Morgan fingerprint density at radius 3 is 2.06 bits per heavy atom. The molecule has 0 radical (unpaired) electrons. The predicted molar refractivity (Wildman–Crippen MR) is 124 cm³/mol. The van der Waals surface area contributed by atoms with Crippen molar-refractivity contribution in [3.63, 3.8) is 0 Å². The fraction of sp³-hybridized carbons (Fsp3) is 0.240. The second-order valence-corrected chi connectivity index (χ2v) is 9.59. The predicted octanol–water partition coefficient (Wildman–Crippen LogP) is 5.42. The Labute approximate surface area is 201 Å². The zero-order valence-corrected chi connectivity index (χ0v) is 20.1. The van der Waals surface area contributed by atoms with E-state index in [1.165, 1.54) is 31.4 Å². The third kappa shape index (κ3) is 6.61. The van der Waals surface area contributed by atoms with Gasteiger partial charge in [-0.05, 0) is 85.5 Å². The summed E-state index contributed by atoms with van der Waals surface area (Å²) >= 11 is 0. The number of esters is 1. The Kier molecular flexibility index (Phi) is 7.86. The molecule has 186 valence electrons. The van der Waals surface area contributed by atoms with Crippen molar-refractivity contribution in [1.29, 1.82) is 0 Å². The summed E-state index contributed by atoms with van der Waals surface area (Å²) in [5.41, 5.74) is 1.55. The van der Waals surface area contributed by atoms with Gasteiger partial charge < -0.3 is 9.47 Å². The minimum absolute atomic E-state index is 0.0266. The molecule has 3 aromatic rings. The van der Waals surface area contributed by atoms with Crippen molar-refractivity contribution in [2.45, 2.75) is 31.3 Å². The molecule has 0 unspecified atom stereocenters. The van der Waals surface area contributed by atoms with E-state index in [1.54, 1.807) is 38.1 Å². The number of hydrogen-bond acceptors (Lipinski definition) is 5. The zero-order valence-electron chi connectivity index (χ0n) is 19.3. The number of halogens is 3. The van der Waals surface area contributed by atoms with Gasteiger partial charge in [0.25, 0.3) is 0 Å². The molecule has 0 atom stereocenters. The highest BCUT2D eigenvalue weighted by Crippen LogP contribution is 2.31. The first-order valence-electron chi connectivity index (χ1n) is 10.5. The summed E-state index contributed by atoms with van der Waals surface area (Å²) in [7, 11) is -2.63. The molecular formula is C25H24F3NO5S. The Morgan fingerprint density at radius 2 is 1.51 bits per heavy atom. The van der Waals surface area contributed by atoms with Crippen molar-refractivity contribution >= 4 is 16.0 Å². The number of ether oxygens (including phenoxy) is 2. The molecule has 0 fully saturated rings. The smallest absolute Gasteiger partial charge is 0.416 e. The van der Waals surface area contributed by atoms with Gasteiger partial charge >= 0.3 is 12.1 Å². The summed E-state index contributed by atoms with van der Waals surface area (Å²) in [6.45, 7) is 3.55. The van der Waals surface area contributed by atoms with Crippen LogP contribution in [-0.2, 0) is 27.4 Å². The molecule has 0 aliphatic heterocycles. The SMILES string of the molecule is COC(=O)c1cc(S(=O)(=O)NCCc2ccc(Oc3ccc(C(F)(F)F)cc3)cc2)cc(C)c1C. The highest BCUT2D eigenvalue weighted by molar-refractivity contribution is 7.89. The Bertz CT molecular complexity index is 1300. The van der Waals surface area contributed by atoms with Crippen molar-refractivity contribution in [3.05, 3.63) is 88.5 Å². The molecule has 1 N–H and O–H groups in total. The summed E-state index contributed by atoms with van der Waals surface area (Å²) in [6.07, 6.45) is -4.03. The molecule has 3 aromatic carbocycles. The van der Waals surface area contributed by atoms with Gasteiger partial charge in [-0.1, -0.05) is 12.1 Å². The number of carbonyl (C=O) groups is 1. The van der Waals surface area contributed by atoms with Gasteiger partial charge in [0.15, 0.2) is 0 Å². The Hall–Kier alpha value is -3.37. The van der Waals surface area contributed by atoms with E-state index in [0.29, 0.717) is 23.3 Å². The van der Waals surface area contributed by atoms with Crippen LogP contribution < -0.4 is 9.46 Å². The summed E-state index contributed by atoms with van der Waals surface area (Å²) in [5.74, 6) is 0.0824. The maximum absolute atomic E-state index is 12.7. The second-order valence-electron chi connectivity index (χ2n) is 7.82. The first-order valence-corrected chi connectivity index (χ1v) is 12.0. The largest absolute Gasteiger partial charge is 0.465 e. The number of nitrogens with one attached hydrogen (secondary N) is 1. The monoisotopic (exact) mass is 507 g/mol. The first-order chi connectivity index (χ1) is 16.4. The van der Waals surface area contributed by atoms with Crippen LogP contribution >= 0.6 is 0 Å².